The van der Waals surface area contributed by atoms with Crippen LogP contribution in [0.5, 0.6) is 0 Å². The molecule has 0 radical (unpaired) electrons. The molecule has 0 aliphatic rings. The Bertz CT molecular complexity index is 628. The standard InChI is InChI=1S/C24H41N3/c1-4-5-6-7-8-9-10-11-12-13-16-26-21-22-27(24(26)3)20-19-25-17-14-23(2)15-18-25/h14-15,17-18,21-22H,4-13,16,19-20H2,1-3H3/q+2. The summed E-state index contributed by atoms with van der Waals surface area (Å²) in [6, 6.07) is 4.35. The summed E-state index contributed by atoms with van der Waals surface area (Å²) < 4.78 is 7.06. The summed E-state index contributed by atoms with van der Waals surface area (Å²) >= 11 is 0. The van der Waals surface area contributed by atoms with Gasteiger partial charge in [-0.3, -0.25) is 0 Å². The van der Waals surface area contributed by atoms with Crippen LogP contribution in [0.25, 0.3) is 0 Å². The van der Waals surface area contributed by atoms with E-state index in [4.69, 9.17) is 0 Å². The Morgan fingerprint density at radius 2 is 1.33 bits per heavy atom. The molecule has 150 valence electrons. The molecule has 0 saturated carbocycles. The number of aryl methyl sites for hydroxylation is 4. The molecule has 0 N–H and O–H groups in total. The number of rotatable bonds is 14. The van der Waals surface area contributed by atoms with Gasteiger partial charge in [0.05, 0.1) is 6.54 Å². The molecule has 0 aliphatic carbocycles. The highest BCUT2D eigenvalue weighted by Crippen LogP contribution is 2.10. The van der Waals surface area contributed by atoms with Crippen LogP contribution in [0, 0.1) is 13.8 Å². The molecular weight excluding hydrogens is 330 g/mol. The minimum absolute atomic E-state index is 1.02. The van der Waals surface area contributed by atoms with Gasteiger partial charge in [0.2, 0.25) is 0 Å². The highest BCUT2D eigenvalue weighted by atomic mass is 15.2. The van der Waals surface area contributed by atoms with Crippen LogP contribution in [0.2, 0.25) is 0 Å². The van der Waals surface area contributed by atoms with Crippen molar-refractivity contribution < 1.29 is 9.13 Å². The van der Waals surface area contributed by atoms with Crippen LogP contribution in [-0.4, -0.2) is 4.57 Å². The lowest BCUT2D eigenvalue weighted by Gasteiger charge is -2.03. The summed E-state index contributed by atoms with van der Waals surface area (Å²) in [6.07, 6.45) is 22.8. The molecule has 0 aliphatic heterocycles. The van der Waals surface area contributed by atoms with Gasteiger partial charge in [-0.15, -0.1) is 0 Å². The SMILES string of the molecule is CCCCCCCCCCCC[n+]1ccn(CC[n+]2ccc(C)cc2)c1C. The zero-order chi connectivity index (χ0) is 19.3. The highest BCUT2D eigenvalue weighted by Gasteiger charge is 2.13. The van der Waals surface area contributed by atoms with Crippen molar-refractivity contribution in [2.75, 3.05) is 0 Å². The van der Waals surface area contributed by atoms with E-state index in [0.717, 1.165) is 19.6 Å². The van der Waals surface area contributed by atoms with E-state index in [9.17, 15) is 0 Å². The van der Waals surface area contributed by atoms with E-state index in [1.54, 1.807) is 0 Å². The van der Waals surface area contributed by atoms with Crippen molar-refractivity contribution >= 4 is 0 Å². The first kappa shape index (κ1) is 21.7. The minimum Gasteiger partial charge on any atom is -0.234 e. The van der Waals surface area contributed by atoms with Crippen molar-refractivity contribution in [2.45, 2.75) is 105 Å². The van der Waals surface area contributed by atoms with Gasteiger partial charge >= 0.3 is 0 Å². The zero-order valence-corrected chi connectivity index (χ0v) is 18.0. The first-order valence-corrected chi connectivity index (χ1v) is 11.2. The molecule has 3 heteroatoms. The van der Waals surface area contributed by atoms with Gasteiger partial charge in [-0.25, -0.2) is 13.7 Å². The average molecular weight is 372 g/mol. The maximum atomic E-state index is 2.42. The number of hydrogen-bond donors (Lipinski definition) is 0. The van der Waals surface area contributed by atoms with E-state index in [-0.39, 0.29) is 0 Å². The van der Waals surface area contributed by atoms with Crippen LogP contribution < -0.4 is 9.13 Å². The van der Waals surface area contributed by atoms with E-state index >= 15 is 0 Å². The fourth-order valence-electron chi connectivity index (χ4n) is 3.69. The van der Waals surface area contributed by atoms with Crippen LogP contribution in [0.1, 0.15) is 82.5 Å². The number of pyridine rings is 1. The average Bonchev–Trinajstić information content (AvgIpc) is 3.02. The molecule has 0 bridgehead atoms. The van der Waals surface area contributed by atoms with Crippen LogP contribution in [-0.2, 0) is 19.6 Å². The van der Waals surface area contributed by atoms with E-state index in [1.165, 1.54) is 75.6 Å². The zero-order valence-electron chi connectivity index (χ0n) is 18.0. The van der Waals surface area contributed by atoms with Gasteiger partial charge in [0.25, 0.3) is 5.82 Å². The fourth-order valence-corrected chi connectivity index (χ4v) is 3.69. The number of imidazole rings is 1. The predicted octanol–water partition coefficient (Wildman–Crippen LogP) is 5.30. The molecule has 0 saturated heterocycles. The molecule has 0 spiro atoms. The number of nitrogens with zero attached hydrogens (tertiary/aromatic N) is 3. The molecule has 0 unspecified atom stereocenters. The molecule has 3 nitrogen and oxygen atoms in total. The van der Waals surface area contributed by atoms with Crippen LogP contribution in [0.4, 0.5) is 0 Å². The quantitative estimate of drug-likeness (QED) is 0.316. The van der Waals surface area contributed by atoms with Gasteiger partial charge in [-0.05, 0) is 25.3 Å². The van der Waals surface area contributed by atoms with Crippen molar-refractivity contribution in [2.24, 2.45) is 0 Å². The highest BCUT2D eigenvalue weighted by molar-refractivity contribution is 5.03. The Balaban J connectivity index is 1.59. The van der Waals surface area contributed by atoms with Crippen LogP contribution in [0.15, 0.2) is 36.9 Å². The maximum absolute atomic E-state index is 2.42. The van der Waals surface area contributed by atoms with Crippen molar-refractivity contribution in [1.82, 2.24) is 4.57 Å². The molecule has 2 rings (SSSR count). The number of aromatic nitrogens is 3. The van der Waals surface area contributed by atoms with E-state index in [2.05, 4.69) is 71.4 Å². The smallest absolute Gasteiger partial charge is 0.234 e. The molecule has 2 aromatic heterocycles. The Morgan fingerprint density at radius 1 is 0.741 bits per heavy atom. The van der Waals surface area contributed by atoms with Gasteiger partial charge in [0.15, 0.2) is 18.9 Å². The predicted molar refractivity (Wildman–Crippen MR) is 113 cm³/mol. The molecule has 2 heterocycles. The minimum atomic E-state index is 1.02. The monoisotopic (exact) mass is 371 g/mol. The lowest BCUT2D eigenvalue weighted by atomic mass is 10.1. The second-order valence-electron chi connectivity index (χ2n) is 8.03. The molecule has 27 heavy (non-hydrogen) atoms. The van der Waals surface area contributed by atoms with Crippen LogP contribution >= 0.6 is 0 Å². The van der Waals surface area contributed by atoms with Crippen molar-refractivity contribution in [1.29, 1.82) is 0 Å². The first-order chi connectivity index (χ1) is 13.2. The number of hydrogen-bond acceptors (Lipinski definition) is 0. The molecular formula is C24H41N3+2. The van der Waals surface area contributed by atoms with E-state index in [1.807, 2.05) is 0 Å². The summed E-state index contributed by atoms with van der Waals surface area (Å²) in [6.45, 7) is 9.88. The van der Waals surface area contributed by atoms with E-state index < -0.39 is 0 Å². The lowest BCUT2D eigenvalue weighted by molar-refractivity contribution is -0.706. The third kappa shape index (κ3) is 8.28. The first-order valence-electron chi connectivity index (χ1n) is 11.2. The second kappa shape index (κ2) is 12.7. The molecule has 0 aromatic carbocycles. The maximum Gasteiger partial charge on any atom is 0.253 e. The van der Waals surface area contributed by atoms with Gasteiger partial charge in [-0.2, -0.15) is 0 Å². The largest absolute Gasteiger partial charge is 0.253 e. The van der Waals surface area contributed by atoms with Crippen molar-refractivity contribution in [3.8, 4) is 0 Å². The van der Waals surface area contributed by atoms with Crippen molar-refractivity contribution in [3.63, 3.8) is 0 Å². The molecule has 0 atom stereocenters. The van der Waals surface area contributed by atoms with Gasteiger partial charge < -0.3 is 0 Å². The molecule has 0 amide bonds. The summed E-state index contributed by atoms with van der Waals surface area (Å²) in [5.74, 6) is 1.37. The van der Waals surface area contributed by atoms with Crippen molar-refractivity contribution in [3.05, 3.63) is 48.3 Å². The van der Waals surface area contributed by atoms with E-state index in [0.29, 0.717) is 0 Å². The Hall–Kier alpha value is -1.64. The Labute approximate surface area is 167 Å². The number of unbranched alkanes of at least 4 members (excludes halogenated alkanes) is 9. The summed E-state index contributed by atoms with van der Waals surface area (Å²) in [4.78, 5) is 0. The fraction of sp³-hybridized carbons (Fsp3) is 0.667. The topological polar surface area (TPSA) is 12.7 Å². The van der Waals surface area contributed by atoms with Gasteiger partial charge in [0.1, 0.15) is 18.9 Å². The Kier molecular flexibility index (Phi) is 10.2. The normalized spacial score (nSPS) is 11.2. The van der Waals surface area contributed by atoms with Gasteiger partial charge in [-0.1, -0.05) is 58.3 Å². The summed E-state index contributed by atoms with van der Waals surface area (Å²) in [7, 11) is 0. The third-order valence-corrected chi connectivity index (χ3v) is 5.67. The van der Waals surface area contributed by atoms with Gasteiger partial charge in [0, 0.05) is 19.1 Å². The van der Waals surface area contributed by atoms with Crippen LogP contribution in [0.3, 0.4) is 0 Å². The molecule has 2 aromatic rings. The summed E-state index contributed by atoms with van der Waals surface area (Å²) in [5.41, 5.74) is 1.32. The second-order valence-corrected chi connectivity index (χ2v) is 8.03. The molecule has 0 fully saturated rings. The lowest BCUT2D eigenvalue weighted by Crippen LogP contribution is -2.38. The Morgan fingerprint density at radius 3 is 1.96 bits per heavy atom. The third-order valence-electron chi connectivity index (χ3n) is 5.67. The summed E-state index contributed by atoms with van der Waals surface area (Å²) in [5, 5.41) is 0.